The summed E-state index contributed by atoms with van der Waals surface area (Å²) in [7, 11) is 0. The number of aliphatic imine (C=N–C) groups is 1. The van der Waals surface area contributed by atoms with Crippen molar-refractivity contribution in [3.63, 3.8) is 0 Å². The van der Waals surface area contributed by atoms with Gasteiger partial charge < -0.3 is 9.64 Å². The molecule has 1 N–H and O–H groups in total. The average Bonchev–Trinajstić information content (AvgIpc) is 2.79. The number of imidazole rings is 1. The summed E-state index contributed by atoms with van der Waals surface area (Å²) in [5.74, 6) is 1.78. The zero-order valence-electron chi connectivity index (χ0n) is 9.26. The van der Waals surface area contributed by atoms with E-state index in [0.717, 1.165) is 38.2 Å². The Morgan fingerprint density at radius 2 is 2.25 bits per heavy atom. The molecule has 3 rings (SSSR count). The van der Waals surface area contributed by atoms with Crippen molar-refractivity contribution in [2.45, 2.75) is 13.1 Å². The Labute approximate surface area is 93.9 Å². The number of hydrogen-bond acceptors (Lipinski definition) is 5. The largest absolute Gasteiger partial charge is 0.378 e. The molecule has 1 fully saturated rings. The summed E-state index contributed by atoms with van der Waals surface area (Å²) in [5, 5.41) is 3.25. The number of anilines is 1. The topological polar surface area (TPSA) is 54.7 Å². The van der Waals surface area contributed by atoms with Crippen LogP contribution in [-0.4, -0.2) is 46.7 Å². The van der Waals surface area contributed by atoms with Crippen LogP contribution in [0.25, 0.3) is 0 Å². The molecule has 1 unspecified atom stereocenters. The zero-order chi connectivity index (χ0) is 11.0. The van der Waals surface area contributed by atoms with E-state index in [4.69, 9.17) is 4.74 Å². The second-order valence-corrected chi connectivity index (χ2v) is 3.97. The van der Waals surface area contributed by atoms with E-state index >= 15 is 0 Å². The Morgan fingerprint density at radius 3 is 3.06 bits per heavy atom. The SMILES string of the molecule is CC1N=C(N2CCOCC2)Nc2nccn21. The highest BCUT2D eigenvalue weighted by Gasteiger charge is 2.22. The highest BCUT2D eigenvalue weighted by atomic mass is 16.5. The van der Waals surface area contributed by atoms with Gasteiger partial charge in [0.25, 0.3) is 0 Å². The number of ether oxygens (including phenoxy) is 1. The van der Waals surface area contributed by atoms with Crippen LogP contribution < -0.4 is 5.32 Å². The van der Waals surface area contributed by atoms with Crippen molar-refractivity contribution in [3.8, 4) is 0 Å². The first-order chi connectivity index (χ1) is 7.84. The van der Waals surface area contributed by atoms with Gasteiger partial charge in [-0.1, -0.05) is 0 Å². The Morgan fingerprint density at radius 1 is 1.44 bits per heavy atom. The Kier molecular flexibility index (Phi) is 2.28. The number of rotatable bonds is 0. The van der Waals surface area contributed by atoms with Crippen molar-refractivity contribution in [2.24, 2.45) is 4.99 Å². The zero-order valence-corrected chi connectivity index (χ0v) is 9.26. The van der Waals surface area contributed by atoms with E-state index < -0.39 is 0 Å². The number of nitrogens with one attached hydrogen (secondary N) is 1. The molecular formula is C10H15N5O. The van der Waals surface area contributed by atoms with Gasteiger partial charge in [0.1, 0.15) is 6.17 Å². The highest BCUT2D eigenvalue weighted by Crippen LogP contribution is 2.20. The Balaban J connectivity index is 1.82. The molecule has 2 aliphatic heterocycles. The van der Waals surface area contributed by atoms with E-state index in [2.05, 4.69) is 27.1 Å². The lowest BCUT2D eigenvalue weighted by molar-refractivity contribution is 0.0675. The number of aromatic nitrogens is 2. The minimum atomic E-state index is 0.108. The maximum Gasteiger partial charge on any atom is 0.211 e. The lowest BCUT2D eigenvalue weighted by Gasteiger charge is -2.33. The molecule has 16 heavy (non-hydrogen) atoms. The van der Waals surface area contributed by atoms with Crippen LogP contribution in [0.3, 0.4) is 0 Å². The number of fused-ring (bicyclic) bond motifs is 1. The second-order valence-electron chi connectivity index (χ2n) is 3.97. The van der Waals surface area contributed by atoms with Crippen LogP contribution in [0.2, 0.25) is 0 Å². The second kappa shape index (κ2) is 3.79. The quantitative estimate of drug-likeness (QED) is 0.693. The van der Waals surface area contributed by atoms with Gasteiger partial charge in [-0.3, -0.25) is 9.88 Å². The molecule has 1 aromatic rings. The standard InChI is InChI=1S/C10H15N5O/c1-8-12-10(14-4-6-16-7-5-14)13-9-11-2-3-15(8)9/h2-3,8H,4-7H2,1H3,(H,11,12,13). The smallest absolute Gasteiger partial charge is 0.211 e. The van der Waals surface area contributed by atoms with Gasteiger partial charge in [0, 0.05) is 25.5 Å². The highest BCUT2D eigenvalue weighted by molar-refractivity contribution is 5.93. The molecule has 6 heteroatoms. The molecule has 1 atom stereocenters. The van der Waals surface area contributed by atoms with E-state index in [1.165, 1.54) is 0 Å². The fourth-order valence-corrected chi connectivity index (χ4v) is 2.02. The molecule has 0 aromatic carbocycles. The van der Waals surface area contributed by atoms with Crippen molar-refractivity contribution in [3.05, 3.63) is 12.4 Å². The third-order valence-electron chi connectivity index (χ3n) is 2.91. The van der Waals surface area contributed by atoms with Crippen molar-refractivity contribution in [2.75, 3.05) is 31.6 Å². The Hall–Kier alpha value is -1.56. The van der Waals surface area contributed by atoms with Crippen LogP contribution in [0.5, 0.6) is 0 Å². The first kappa shape index (κ1) is 9.65. The third kappa shape index (κ3) is 1.55. The van der Waals surface area contributed by atoms with Crippen LogP contribution in [0.15, 0.2) is 17.4 Å². The first-order valence-electron chi connectivity index (χ1n) is 5.55. The molecule has 0 aliphatic carbocycles. The summed E-state index contributed by atoms with van der Waals surface area (Å²) in [5.41, 5.74) is 0. The van der Waals surface area contributed by atoms with Crippen molar-refractivity contribution >= 4 is 11.9 Å². The monoisotopic (exact) mass is 221 g/mol. The van der Waals surface area contributed by atoms with Crippen molar-refractivity contribution < 1.29 is 4.74 Å². The first-order valence-corrected chi connectivity index (χ1v) is 5.55. The van der Waals surface area contributed by atoms with Crippen LogP contribution >= 0.6 is 0 Å². The minimum Gasteiger partial charge on any atom is -0.378 e. The van der Waals surface area contributed by atoms with E-state index in [-0.39, 0.29) is 6.17 Å². The van der Waals surface area contributed by atoms with Crippen LogP contribution in [0.4, 0.5) is 5.95 Å². The van der Waals surface area contributed by atoms with E-state index in [0.29, 0.717) is 0 Å². The number of hydrogen-bond donors (Lipinski definition) is 1. The summed E-state index contributed by atoms with van der Waals surface area (Å²) in [6.45, 7) is 5.37. The molecule has 1 saturated heterocycles. The van der Waals surface area contributed by atoms with Crippen molar-refractivity contribution in [1.82, 2.24) is 14.5 Å². The summed E-state index contributed by atoms with van der Waals surface area (Å²) in [6.07, 6.45) is 3.83. The summed E-state index contributed by atoms with van der Waals surface area (Å²) < 4.78 is 7.34. The molecule has 2 aliphatic rings. The van der Waals surface area contributed by atoms with Gasteiger partial charge in [-0.2, -0.15) is 0 Å². The number of nitrogens with zero attached hydrogens (tertiary/aromatic N) is 4. The van der Waals surface area contributed by atoms with Gasteiger partial charge in [0.2, 0.25) is 11.9 Å². The molecular weight excluding hydrogens is 206 g/mol. The predicted molar refractivity (Wildman–Crippen MR) is 60.4 cm³/mol. The van der Waals surface area contributed by atoms with Crippen LogP contribution in [-0.2, 0) is 4.74 Å². The van der Waals surface area contributed by atoms with Crippen LogP contribution in [0.1, 0.15) is 13.1 Å². The van der Waals surface area contributed by atoms with Gasteiger partial charge in [-0.25, -0.2) is 9.98 Å². The van der Waals surface area contributed by atoms with Gasteiger partial charge in [-0.05, 0) is 6.92 Å². The molecule has 3 heterocycles. The fraction of sp³-hybridized carbons (Fsp3) is 0.600. The summed E-state index contributed by atoms with van der Waals surface area (Å²) in [4.78, 5) is 11.1. The third-order valence-corrected chi connectivity index (χ3v) is 2.91. The molecule has 0 spiro atoms. The molecule has 86 valence electrons. The molecule has 0 bridgehead atoms. The average molecular weight is 221 g/mol. The fourth-order valence-electron chi connectivity index (χ4n) is 2.02. The van der Waals surface area contributed by atoms with E-state index in [9.17, 15) is 0 Å². The lowest BCUT2D eigenvalue weighted by Crippen LogP contribution is -2.46. The normalized spacial score (nSPS) is 24.7. The number of morpholine rings is 1. The van der Waals surface area contributed by atoms with E-state index in [1.54, 1.807) is 6.20 Å². The van der Waals surface area contributed by atoms with Crippen LogP contribution in [0, 0.1) is 0 Å². The minimum absolute atomic E-state index is 0.108. The van der Waals surface area contributed by atoms with Gasteiger partial charge in [0.15, 0.2) is 0 Å². The van der Waals surface area contributed by atoms with Gasteiger partial charge in [-0.15, -0.1) is 0 Å². The molecule has 1 aromatic heterocycles. The summed E-state index contributed by atoms with van der Waals surface area (Å²) >= 11 is 0. The summed E-state index contributed by atoms with van der Waals surface area (Å²) in [6, 6.07) is 0. The Bertz CT molecular complexity index is 407. The molecule has 6 nitrogen and oxygen atoms in total. The lowest BCUT2D eigenvalue weighted by atomic mass is 10.4. The molecule has 0 amide bonds. The van der Waals surface area contributed by atoms with Gasteiger partial charge >= 0.3 is 0 Å². The van der Waals surface area contributed by atoms with E-state index in [1.807, 2.05) is 10.8 Å². The number of guanidine groups is 1. The van der Waals surface area contributed by atoms with Crippen molar-refractivity contribution in [1.29, 1.82) is 0 Å². The maximum atomic E-state index is 5.33. The van der Waals surface area contributed by atoms with Gasteiger partial charge in [0.05, 0.1) is 13.2 Å². The predicted octanol–water partition coefficient (Wildman–Crippen LogP) is 0.515. The molecule has 0 radical (unpaired) electrons. The maximum absolute atomic E-state index is 5.33. The molecule has 0 saturated carbocycles.